The van der Waals surface area contributed by atoms with Gasteiger partial charge in [0.25, 0.3) is 0 Å². The molecule has 0 radical (unpaired) electrons. The Balaban J connectivity index is 0.00000336. The number of imidazole rings is 1. The SMILES string of the molecule is Oc1ccccc1-c1nc2c(-c3cc(-c4ccccc4)cc(-c4[c-]cc5oc6ccccc6c5c4)n3)cccn2c1-c1ccccc1.[Pt]. The average Bonchev–Trinajstić information content (AvgIpc) is 3.71. The summed E-state index contributed by atoms with van der Waals surface area (Å²) in [4.78, 5) is 10.5. The second-order valence-corrected chi connectivity index (χ2v) is 11.5. The number of para-hydroxylation sites is 2. The number of pyridine rings is 2. The van der Waals surface area contributed by atoms with Gasteiger partial charge in [0, 0.05) is 49.3 Å². The summed E-state index contributed by atoms with van der Waals surface area (Å²) < 4.78 is 8.19. The minimum atomic E-state index is 0. The van der Waals surface area contributed by atoms with Gasteiger partial charge in [0.1, 0.15) is 22.7 Å². The number of phenols is 1. The van der Waals surface area contributed by atoms with Crippen molar-refractivity contribution in [2.45, 2.75) is 0 Å². The molecule has 0 unspecified atom stereocenters. The van der Waals surface area contributed by atoms with Crippen LogP contribution in [-0.4, -0.2) is 19.5 Å². The van der Waals surface area contributed by atoms with E-state index in [9.17, 15) is 5.11 Å². The molecule has 5 aromatic carbocycles. The van der Waals surface area contributed by atoms with Crippen molar-refractivity contribution in [3.63, 3.8) is 0 Å². The van der Waals surface area contributed by atoms with Crippen molar-refractivity contribution in [3.05, 3.63) is 158 Å². The van der Waals surface area contributed by atoms with Crippen LogP contribution in [0.4, 0.5) is 0 Å². The van der Waals surface area contributed by atoms with Gasteiger partial charge >= 0.3 is 0 Å². The fraction of sp³-hybridized carbons (Fsp3) is 0. The van der Waals surface area contributed by atoms with Gasteiger partial charge in [-0.2, -0.15) is 0 Å². The molecule has 0 aliphatic heterocycles. The zero-order valence-corrected chi connectivity index (χ0v) is 27.7. The van der Waals surface area contributed by atoms with Crippen LogP contribution in [0.25, 0.3) is 83.7 Å². The first-order chi connectivity index (χ1) is 23.2. The van der Waals surface area contributed by atoms with Crippen molar-refractivity contribution >= 4 is 27.6 Å². The van der Waals surface area contributed by atoms with E-state index in [1.54, 1.807) is 6.07 Å². The summed E-state index contributed by atoms with van der Waals surface area (Å²) in [6.07, 6.45) is 2.02. The van der Waals surface area contributed by atoms with Gasteiger partial charge in [0.05, 0.1) is 17.0 Å². The Morgan fingerprint density at radius 3 is 2.08 bits per heavy atom. The van der Waals surface area contributed by atoms with Crippen molar-refractivity contribution in [1.82, 2.24) is 14.4 Å². The Kier molecular flexibility index (Phi) is 7.47. The van der Waals surface area contributed by atoms with E-state index in [0.29, 0.717) is 11.3 Å². The molecule has 0 amide bonds. The standard InChI is InChI=1S/C42H26N3O2.Pt/c46-37-19-9-7-17-33(37)40-41(28-14-5-2-6-15-28)45-23-11-18-32(42(45)44-40)36-26-30(27-12-3-1-4-13-27)25-35(43-36)29-21-22-39-34(24-29)31-16-8-10-20-38(31)47-39;/h1-20,22-26,46H;/q-1;. The number of fused-ring (bicyclic) bond motifs is 4. The van der Waals surface area contributed by atoms with Crippen LogP contribution in [0.15, 0.2) is 156 Å². The minimum absolute atomic E-state index is 0. The average molecular weight is 800 g/mol. The van der Waals surface area contributed by atoms with E-state index >= 15 is 0 Å². The molecule has 4 heterocycles. The van der Waals surface area contributed by atoms with Crippen LogP contribution >= 0.6 is 0 Å². The topological polar surface area (TPSA) is 63.6 Å². The predicted molar refractivity (Wildman–Crippen MR) is 188 cm³/mol. The van der Waals surface area contributed by atoms with Crippen LogP contribution in [0.1, 0.15) is 0 Å². The Labute approximate surface area is 291 Å². The molecule has 232 valence electrons. The van der Waals surface area contributed by atoms with Gasteiger partial charge in [-0.3, -0.25) is 9.38 Å². The number of nitrogens with zero attached hydrogens (tertiary/aromatic N) is 3. The van der Waals surface area contributed by atoms with E-state index in [1.165, 1.54) is 0 Å². The van der Waals surface area contributed by atoms with Gasteiger partial charge in [-0.25, -0.2) is 4.98 Å². The third kappa shape index (κ3) is 5.00. The summed E-state index contributed by atoms with van der Waals surface area (Å²) in [6, 6.07) is 51.7. The van der Waals surface area contributed by atoms with Crippen molar-refractivity contribution in [2.24, 2.45) is 0 Å². The largest absolute Gasteiger partial charge is 0.507 e. The molecule has 0 bridgehead atoms. The molecule has 0 spiro atoms. The van der Waals surface area contributed by atoms with E-state index in [1.807, 2.05) is 91.1 Å². The maximum Gasteiger partial charge on any atom is 0.147 e. The van der Waals surface area contributed by atoms with Crippen molar-refractivity contribution < 1.29 is 30.6 Å². The molecule has 48 heavy (non-hydrogen) atoms. The molecule has 9 aromatic rings. The molecular weight excluding hydrogens is 774 g/mol. The number of furan rings is 1. The molecular formula is C42H26N3O2Pt-. The fourth-order valence-electron chi connectivity index (χ4n) is 6.42. The van der Waals surface area contributed by atoms with Crippen LogP contribution in [0, 0.1) is 6.07 Å². The van der Waals surface area contributed by atoms with Gasteiger partial charge in [-0.15, -0.1) is 23.8 Å². The molecule has 0 aliphatic rings. The third-order valence-corrected chi connectivity index (χ3v) is 8.65. The number of aromatic hydroxyl groups is 1. The minimum Gasteiger partial charge on any atom is -0.507 e. The molecule has 0 atom stereocenters. The van der Waals surface area contributed by atoms with E-state index in [4.69, 9.17) is 14.4 Å². The van der Waals surface area contributed by atoms with Crippen LogP contribution in [0.2, 0.25) is 0 Å². The second-order valence-electron chi connectivity index (χ2n) is 11.5. The zero-order chi connectivity index (χ0) is 31.3. The summed E-state index contributed by atoms with van der Waals surface area (Å²) in [5, 5.41) is 13.0. The van der Waals surface area contributed by atoms with Gasteiger partial charge < -0.3 is 9.52 Å². The number of phenolic OH excluding ortho intramolecular Hbond substituents is 1. The molecule has 1 N–H and O–H groups in total. The number of hydrogen-bond donors (Lipinski definition) is 1. The van der Waals surface area contributed by atoms with Crippen molar-refractivity contribution in [2.75, 3.05) is 0 Å². The number of hydrogen-bond acceptors (Lipinski definition) is 4. The Morgan fingerprint density at radius 1 is 0.583 bits per heavy atom. The van der Waals surface area contributed by atoms with Gasteiger partial charge in [-0.1, -0.05) is 102 Å². The fourth-order valence-corrected chi connectivity index (χ4v) is 6.42. The molecule has 0 saturated heterocycles. The van der Waals surface area contributed by atoms with Crippen LogP contribution in [0.3, 0.4) is 0 Å². The summed E-state index contributed by atoms with van der Waals surface area (Å²) >= 11 is 0. The number of aromatic nitrogens is 3. The molecule has 4 aromatic heterocycles. The molecule has 9 rings (SSSR count). The van der Waals surface area contributed by atoms with Gasteiger partial charge in [-0.05, 0) is 53.2 Å². The van der Waals surface area contributed by atoms with Crippen LogP contribution in [-0.2, 0) is 21.1 Å². The first-order valence-electron chi connectivity index (χ1n) is 15.5. The first-order valence-corrected chi connectivity index (χ1v) is 15.5. The summed E-state index contributed by atoms with van der Waals surface area (Å²) in [7, 11) is 0. The molecule has 0 fully saturated rings. The zero-order valence-electron chi connectivity index (χ0n) is 25.4. The van der Waals surface area contributed by atoms with Crippen LogP contribution in [0.5, 0.6) is 5.75 Å². The first kappa shape index (κ1) is 29.6. The van der Waals surface area contributed by atoms with Crippen LogP contribution < -0.4 is 0 Å². The molecule has 0 aliphatic carbocycles. The van der Waals surface area contributed by atoms with Crippen molar-refractivity contribution in [1.29, 1.82) is 0 Å². The quantitative estimate of drug-likeness (QED) is 0.176. The maximum absolute atomic E-state index is 10.9. The summed E-state index contributed by atoms with van der Waals surface area (Å²) in [6.45, 7) is 0. The smallest absolute Gasteiger partial charge is 0.147 e. The normalized spacial score (nSPS) is 11.2. The maximum atomic E-state index is 10.9. The second kappa shape index (κ2) is 12.1. The van der Waals surface area contributed by atoms with Gasteiger partial charge in [0.2, 0.25) is 0 Å². The Bertz CT molecular complexity index is 2590. The van der Waals surface area contributed by atoms with Gasteiger partial charge in [0.15, 0.2) is 0 Å². The van der Waals surface area contributed by atoms with E-state index in [0.717, 1.165) is 72.5 Å². The summed E-state index contributed by atoms with van der Waals surface area (Å²) in [5.74, 6) is 0.179. The number of benzene rings is 5. The predicted octanol–water partition coefficient (Wildman–Crippen LogP) is 10.5. The molecule has 0 saturated carbocycles. The Morgan fingerprint density at radius 2 is 1.27 bits per heavy atom. The summed E-state index contributed by atoms with van der Waals surface area (Å²) in [5.41, 5.74) is 11.1. The third-order valence-electron chi connectivity index (χ3n) is 8.65. The van der Waals surface area contributed by atoms with E-state index in [2.05, 4.69) is 65.1 Å². The van der Waals surface area contributed by atoms with E-state index < -0.39 is 0 Å². The monoisotopic (exact) mass is 799 g/mol. The van der Waals surface area contributed by atoms with E-state index in [-0.39, 0.29) is 26.8 Å². The Hall–Kier alpha value is -5.77. The van der Waals surface area contributed by atoms with Crippen molar-refractivity contribution in [3.8, 4) is 61.9 Å². The molecule has 5 nitrogen and oxygen atoms in total. The number of rotatable bonds is 5. The molecule has 6 heteroatoms.